The minimum atomic E-state index is -4.99. The lowest BCUT2D eigenvalue weighted by Crippen LogP contribution is -2.38. The number of methoxy groups -OCH3 is 1. The number of nitrogens with one attached hydrogen (secondary N) is 3. The number of benzene rings is 3. The normalized spacial score (nSPS) is 11.0. The van der Waals surface area contributed by atoms with Crippen LogP contribution in [0.1, 0.15) is 21.6 Å². The first-order valence-corrected chi connectivity index (χ1v) is 12.0. The molecule has 0 spiro atoms. The maximum atomic E-state index is 12.9. The molecule has 13 heteroatoms. The van der Waals surface area contributed by atoms with Gasteiger partial charge in [-0.25, -0.2) is 9.59 Å². The summed E-state index contributed by atoms with van der Waals surface area (Å²) in [7, 11) is 1.07. The van der Waals surface area contributed by atoms with Crippen molar-refractivity contribution in [1.29, 1.82) is 0 Å². The van der Waals surface area contributed by atoms with E-state index in [0.29, 0.717) is 16.7 Å². The van der Waals surface area contributed by atoms with Crippen LogP contribution in [0.25, 0.3) is 11.1 Å². The fourth-order valence-electron chi connectivity index (χ4n) is 3.83. The molecule has 212 valence electrons. The molecule has 0 aliphatic heterocycles. The van der Waals surface area contributed by atoms with Crippen LogP contribution in [0.2, 0.25) is 0 Å². The Bertz CT molecular complexity index is 1630. The van der Waals surface area contributed by atoms with E-state index in [0.717, 1.165) is 29.4 Å². The van der Waals surface area contributed by atoms with Crippen molar-refractivity contribution in [3.63, 3.8) is 0 Å². The van der Waals surface area contributed by atoms with Crippen LogP contribution < -0.4 is 26.6 Å². The van der Waals surface area contributed by atoms with Gasteiger partial charge in [0.25, 0.3) is 11.5 Å². The average Bonchev–Trinajstić information content (AvgIpc) is 2.94. The fourth-order valence-corrected chi connectivity index (χ4v) is 3.83. The van der Waals surface area contributed by atoms with E-state index in [1.54, 1.807) is 48.5 Å². The Labute approximate surface area is 230 Å². The number of amides is 2. The number of ether oxygens (including phenoxy) is 2. The third kappa shape index (κ3) is 7.62. The predicted octanol–water partition coefficient (Wildman–Crippen LogP) is 4.26. The van der Waals surface area contributed by atoms with Gasteiger partial charge in [-0.2, -0.15) is 0 Å². The van der Waals surface area contributed by atoms with Gasteiger partial charge in [-0.15, -0.1) is 13.2 Å². The molecule has 0 saturated heterocycles. The van der Waals surface area contributed by atoms with Gasteiger partial charge in [0.2, 0.25) is 0 Å². The second-order valence-electron chi connectivity index (χ2n) is 8.65. The SMILES string of the molecule is COC(=O)Nc1ccc(-c2ccc(CNC(=O)c3cc(=O)n(Cc4ccccc4)c(=O)[nH]3)cc2)cc1OC(F)(F)F. The molecule has 4 aromatic rings. The molecule has 2 amide bonds. The van der Waals surface area contributed by atoms with Crippen molar-refractivity contribution >= 4 is 17.7 Å². The van der Waals surface area contributed by atoms with Crippen LogP contribution in [-0.2, 0) is 17.8 Å². The molecule has 1 aromatic heterocycles. The number of hydrogen-bond donors (Lipinski definition) is 3. The van der Waals surface area contributed by atoms with Gasteiger partial charge in [-0.05, 0) is 34.4 Å². The Morgan fingerprint density at radius 2 is 1.59 bits per heavy atom. The van der Waals surface area contributed by atoms with Crippen LogP contribution >= 0.6 is 0 Å². The fraction of sp³-hybridized carbons (Fsp3) is 0.143. The number of carbonyl (C=O) groups excluding carboxylic acids is 2. The Morgan fingerprint density at radius 3 is 2.22 bits per heavy atom. The molecule has 1 heterocycles. The average molecular weight is 569 g/mol. The monoisotopic (exact) mass is 568 g/mol. The molecule has 0 aliphatic carbocycles. The zero-order valence-corrected chi connectivity index (χ0v) is 21.5. The van der Waals surface area contributed by atoms with Gasteiger partial charge in [-0.1, -0.05) is 60.7 Å². The lowest BCUT2D eigenvalue weighted by Gasteiger charge is -2.15. The Balaban J connectivity index is 1.44. The number of H-pyrrole nitrogens is 1. The summed E-state index contributed by atoms with van der Waals surface area (Å²) in [6.45, 7) is 0.0935. The first-order chi connectivity index (χ1) is 19.5. The molecule has 0 atom stereocenters. The number of halogens is 3. The number of hydrogen-bond acceptors (Lipinski definition) is 6. The van der Waals surface area contributed by atoms with E-state index in [4.69, 9.17) is 0 Å². The van der Waals surface area contributed by atoms with Gasteiger partial charge in [0.1, 0.15) is 5.69 Å². The van der Waals surface area contributed by atoms with E-state index in [-0.39, 0.29) is 24.5 Å². The van der Waals surface area contributed by atoms with E-state index in [1.165, 1.54) is 12.1 Å². The van der Waals surface area contributed by atoms with Gasteiger partial charge >= 0.3 is 18.1 Å². The number of alkyl halides is 3. The van der Waals surface area contributed by atoms with Crippen molar-refractivity contribution in [2.45, 2.75) is 19.5 Å². The standard InChI is InChI=1S/C28H23F3N4O6/c1-40-27(39)34-21-12-11-20(13-23(21)41-28(29,30)31)19-9-7-17(8-10-19)15-32-25(37)22-14-24(36)35(26(38)33-22)16-18-5-3-2-4-6-18/h2-14H,15-16H2,1H3,(H,32,37)(H,33,38)(H,34,39). The van der Waals surface area contributed by atoms with Crippen molar-refractivity contribution in [2.75, 3.05) is 12.4 Å². The number of aromatic nitrogens is 2. The van der Waals surface area contributed by atoms with E-state index < -0.39 is 35.4 Å². The topological polar surface area (TPSA) is 132 Å². The van der Waals surface area contributed by atoms with Crippen molar-refractivity contribution in [3.8, 4) is 16.9 Å². The van der Waals surface area contributed by atoms with Gasteiger partial charge in [0.05, 0.1) is 19.3 Å². The molecule has 0 bridgehead atoms. The molecular formula is C28H23F3N4O6. The van der Waals surface area contributed by atoms with E-state index >= 15 is 0 Å². The highest BCUT2D eigenvalue weighted by molar-refractivity contribution is 5.92. The predicted molar refractivity (Wildman–Crippen MR) is 143 cm³/mol. The maximum Gasteiger partial charge on any atom is 0.573 e. The van der Waals surface area contributed by atoms with E-state index in [9.17, 15) is 32.3 Å². The third-order valence-electron chi connectivity index (χ3n) is 5.82. The second-order valence-corrected chi connectivity index (χ2v) is 8.65. The first kappa shape index (κ1) is 28.7. The summed E-state index contributed by atoms with van der Waals surface area (Å²) < 4.78 is 48.2. The zero-order chi connectivity index (χ0) is 29.6. The summed E-state index contributed by atoms with van der Waals surface area (Å²) in [6, 6.07) is 20.3. The van der Waals surface area contributed by atoms with Crippen molar-refractivity contribution in [3.05, 3.63) is 117 Å². The summed E-state index contributed by atoms with van der Waals surface area (Å²) in [5.41, 5.74) is 0.497. The summed E-state index contributed by atoms with van der Waals surface area (Å²) in [4.78, 5) is 51.4. The highest BCUT2D eigenvalue weighted by Crippen LogP contribution is 2.35. The molecule has 3 aromatic carbocycles. The quantitative estimate of drug-likeness (QED) is 0.291. The van der Waals surface area contributed by atoms with Crippen LogP contribution in [0.5, 0.6) is 5.75 Å². The van der Waals surface area contributed by atoms with Crippen LogP contribution in [0.4, 0.5) is 23.7 Å². The van der Waals surface area contributed by atoms with Crippen LogP contribution in [-0.4, -0.2) is 35.0 Å². The summed E-state index contributed by atoms with van der Waals surface area (Å²) in [6.07, 6.45) is -5.96. The molecular weight excluding hydrogens is 545 g/mol. The smallest absolute Gasteiger partial charge is 0.453 e. The zero-order valence-electron chi connectivity index (χ0n) is 21.5. The molecule has 10 nitrogen and oxygen atoms in total. The Morgan fingerprint density at radius 1 is 0.902 bits per heavy atom. The Kier molecular flexibility index (Phi) is 8.56. The van der Waals surface area contributed by atoms with E-state index in [2.05, 4.69) is 25.1 Å². The third-order valence-corrected chi connectivity index (χ3v) is 5.82. The molecule has 0 radical (unpaired) electrons. The molecule has 41 heavy (non-hydrogen) atoms. The molecule has 0 unspecified atom stereocenters. The summed E-state index contributed by atoms with van der Waals surface area (Å²) >= 11 is 0. The minimum absolute atomic E-state index is 0.0403. The summed E-state index contributed by atoms with van der Waals surface area (Å²) in [5, 5.41) is 4.77. The van der Waals surface area contributed by atoms with Crippen LogP contribution in [0.3, 0.4) is 0 Å². The van der Waals surface area contributed by atoms with Gasteiger partial charge < -0.3 is 19.8 Å². The molecule has 0 saturated carbocycles. The summed E-state index contributed by atoms with van der Waals surface area (Å²) in [5.74, 6) is -1.30. The lowest BCUT2D eigenvalue weighted by molar-refractivity contribution is -0.274. The van der Waals surface area contributed by atoms with E-state index in [1.807, 2.05) is 6.07 Å². The number of aromatic amines is 1. The molecule has 0 fully saturated rings. The Hall–Kier alpha value is -5.33. The van der Waals surface area contributed by atoms with Crippen LogP contribution in [0, 0.1) is 0 Å². The first-order valence-electron chi connectivity index (χ1n) is 12.0. The van der Waals surface area contributed by atoms with Gasteiger partial charge in [0, 0.05) is 12.6 Å². The van der Waals surface area contributed by atoms with Crippen molar-refractivity contribution in [2.24, 2.45) is 0 Å². The van der Waals surface area contributed by atoms with Crippen molar-refractivity contribution < 1.29 is 32.2 Å². The molecule has 0 aliphatic rings. The van der Waals surface area contributed by atoms with Gasteiger partial charge in [-0.3, -0.25) is 19.5 Å². The number of nitrogens with zero attached hydrogens (tertiary/aromatic N) is 1. The van der Waals surface area contributed by atoms with Crippen molar-refractivity contribution in [1.82, 2.24) is 14.9 Å². The molecule has 4 rings (SSSR count). The number of anilines is 1. The maximum absolute atomic E-state index is 12.9. The highest BCUT2D eigenvalue weighted by Gasteiger charge is 2.32. The number of rotatable bonds is 8. The van der Waals surface area contributed by atoms with Gasteiger partial charge in [0.15, 0.2) is 5.75 Å². The second kappa shape index (κ2) is 12.2. The number of carbonyl (C=O) groups is 2. The lowest BCUT2D eigenvalue weighted by atomic mass is 10.0. The minimum Gasteiger partial charge on any atom is -0.453 e. The highest BCUT2D eigenvalue weighted by atomic mass is 19.4. The molecule has 3 N–H and O–H groups in total. The van der Waals surface area contributed by atoms with Crippen LogP contribution in [0.15, 0.2) is 88.5 Å². The largest absolute Gasteiger partial charge is 0.573 e.